The molecule has 1 heteroatoms. The van der Waals surface area contributed by atoms with Gasteiger partial charge in [-0.2, -0.15) is 0 Å². The van der Waals surface area contributed by atoms with Gasteiger partial charge in [-0.3, -0.25) is 0 Å². The van der Waals surface area contributed by atoms with Crippen molar-refractivity contribution < 1.29 is 4.74 Å². The molecule has 0 saturated heterocycles. The van der Waals surface area contributed by atoms with Crippen LogP contribution in [0.1, 0.15) is 32.6 Å². The van der Waals surface area contributed by atoms with Crippen LogP contribution in [0, 0.1) is 11.8 Å². The van der Waals surface area contributed by atoms with Gasteiger partial charge in [-0.25, -0.2) is 0 Å². The van der Waals surface area contributed by atoms with Crippen LogP contribution in [0.3, 0.4) is 0 Å². The Balaban J connectivity index is 1.90. The van der Waals surface area contributed by atoms with Gasteiger partial charge < -0.3 is 4.74 Å². The predicted molar refractivity (Wildman–Crippen MR) is 40.9 cm³/mol. The molecule has 0 aromatic heterocycles. The first kappa shape index (κ1) is 6.66. The van der Waals surface area contributed by atoms with E-state index in [9.17, 15) is 0 Å². The number of hydrogen-bond donors (Lipinski definition) is 0. The first-order valence-corrected chi connectivity index (χ1v) is 4.51. The Kier molecular flexibility index (Phi) is 1.69. The standard InChI is InChI=1S/C9H16O/c1-2-10-9-6-7-3-4-8(9)5-7/h7-9H,2-6H2,1H3/t7?,8-,9?/m1/s1. The van der Waals surface area contributed by atoms with Crippen molar-refractivity contribution in [2.75, 3.05) is 6.61 Å². The fourth-order valence-electron chi connectivity index (χ4n) is 2.60. The van der Waals surface area contributed by atoms with E-state index >= 15 is 0 Å². The van der Waals surface area contributed by atoms with Gasteiger partial charge in [0.25, 0.3) is 0 Å². The van der Waals surface area contributed by atoms with Crippen LogP contribution in [-0.4, -0.2) is 12.7 Å². The highest BCUT2D eigenvalue weighted by Crippen LogP contribution is 2.45. The summed E-state index contributed by atoms with van der Waals surface area (Å²) >= 11 is 0. The maximum absolute atomic E-state index is 5.64. The molecule has 2 bridgehead atoms. The van der Waals surface area contributed by atoms with Crippen LogP contribution in [0.15, 0.2) is 0 Å². The molecule has 2 saturated carbocycles. The summed E-state index contributed by atoms with van der Waals surface area (Å²) in [4.78, 5) is 0. The summed E-state index contributed by atoms with van der Waals surface area (Å²) in [6.07, 6.45) is 6.39. The van der Waals surface area contributed by atoms with Crippen molar-refractivity contribution in [1.29, 1.82) is 0 Å². The summed E-state index contributed by atoms with van der Waals surface area (Å²) in [5, 5.41) is 0. The molecule has 0 aromatic carbocycles. The Bertz CT molecular complexity index is 122. The minimum absolute atomic E-state index is 0.642. The maximum Gasteiger partial charge on any atom is 0.0605 e. The predicted octanol–water partition coefficient (Wildman–Crippen LogP) is 2.21. The van der Waals surface area contributed by atoms with E-state index in [0.717, 1.165) is 18.4 Å². The summed E-state index contributed by atoms with van der Waals surface area (Å²) in [6.45, 7) is 3.01. The summed E-state index contributed by atoms with van der Waals surface area (Å²) in [6, 6.07) is 0. The van der Waals surface area contributed by atoms with Crippen LogP contribution < -0.4 is 0 Å². The quantitative estimate of drug-likeness (QED) is 0.571. The number of ether oxygens (including phenoxy) is 1. The second-order valence-electron chi connectivity index (χ2n) is 3.67. The van der Waals surface area contributed by atoms with E-state index in [1.54, 1.807) is 0 Å². The zero-order valence-electron chi connectivity index (χ0n) is 6.68. The van der Waals surface area contributed by atoms with Crippen LogP contribution in [0.4, 0.5) is 0 Å². The summed E-state index contributed by atoms with van der Waals surface area (Å²) in [7, 11) is 0. The van der Waals surface area contributed by atoms with Gasteiger partial charge in [0.1, 0.15) is 0 Å². The van der Waals surface area contributed by atoms with Crippen LogP contribution in [0.25, 0.3) is 0 Å². The van der Waals surface area contributed by atoms with Gasteiger partial charge in [0.2, 0.25) is 0 Å². The highest BCUT2D eigenvalue weighted by Gasteiger charge is 2.39. The van der Waals surface area contributed by atoms with Gasteiger partial charge in [0.05, 0.1) is 6.10 Å². The molecule has 10 heavy (non-hydrogen) atoms. The fourth-order valence-corrected chi connectivity index (χ4v) is 2.60. The van der Waals surface area contributed by atoms with Crippen LogP contribution in [0.2, 0.25) is 0 Å². The Hall–Kier alpha value is -0.0400. The second-order valence-corrected chi connectivity index (χ2v) is 3.67. The lowest BCUT2D eigenvalue weighted by Crippen LogP contribution is -2.19. The van der Waals surface area contributed by atoms with Gasteiger partial charge in [0.15, 0.2) is 0 Å². The molecular formula is C9H16O. The molecular weight excluding hydrogens is 124 g/mol. The lowest BCUT2D eigenvalue weighted by molar-refractivity contribution is 0.0245. The molecule has 0 radical (unpaired) electrons. The monoisotopic (exact) mass is 140 g/mol. The Labute approximate surface area is 62.8 Å². The number of fused-ring (bicyclic) bond motifs is 2. The third-order valence-corrected chi connectivity index (χ3v) is 3.05. The highest BCUT2D eigenvalue weighted by atomic mass is 16.5. The first-order chi connectivity index (χ1) is 4.90. The molecule has 58 valence electrons. The van der Waals surface area contributed by atoms with E-state index in [0.29, 0.717) is 6.10 Å². The molecule has 0 spiro atoms. The van der Waals surface area contributed by atoms with Crippen molar-refractivity contribution in [3.63, 3.8) is 0 Å². The number of rotatable bonds is 2. The normalized spacial score (nSPS) is 44.7. The molecule has 0 aromatic rings. The summed E-state index contributed by atoms with van der Waals surface area (Å²) < 4.78 is 5.64. The molecule has 0 aliphatic heterocycles. The molecule has 0 N–H and O–H groups in total. The topological polar surface area (TPSA) is 9.23 Å². The first-order valence-electron chi connectivity index (χ1n) is 4.51. The molecule has 0 amide bonds. The Morgan fingerprint density at radius 3 is 2.70 bits per heavy atom. The fraction of sp³-hybridized carbons (Fsp3) is 1.00. The second kappa shape index (κ2) is 2.54. The molecule has 2 fully saturated rings. The molecule has 3 atom stereocenters. The van der Waals surface area contributed by atoms with Crippen molar-refractivity contribution in [2.24, 2.45) is 11.8 Å². The SMILES string of the molecule is CCOC1CC2CC[C@@H]1C2. The Morgan fingerprint density at radius 1 is 1.30 bits per heavy atom. The van der Waals surface area contributed by atoms with Crippen molar-refractivity contribution in [3.05, 3.63) is 0 Å². The van der Waals surface area contributed by atoms with Crippen LogP contribution in [-0.2, 0) is 4.74 Å². The zero-order chi connectivity index (χ0) is 6.97. The van der Waals surface area contributed by atoms with E-state index in [1.807, 2.05) is 0 Å². The maximum atomic E-state index is 5.64. The minimum atomic E-state index is 0.642. The van der Waals surface area contributed by atoms with E-state index in [1.165, 1.54) is 25.7 Å². The van der Waals surface area contributed by atoms with Gasteiger partial charge in [-0.15, -0.1) is 0 Å². The average Bonchev–Trinajstić information content (AvgIpc) is 2.48. The van der Waals surface area contributed by atoms with Crippen molar-refractivity contribution >= 4 is 0 Å². The van der Waals surface area contributed by atoms with Crippen LogP contribution >= 0.6 is 0 Å². The largest absolute Gasteiger partial charge is 0.378 e. The van der Waals surface area contributed by atoms with Crippen molar-refractivity contribution in [3.8, 4) is 0 Å². The molecule has 2 unspecified atom stereocenters. The smallest absolute Gasteiger partial charge is 0.0605 e. The third-order valence-electron chi connectivity index (χ3n) is 3.05. The lowest BCUT2D eigenvalue weighted by atomic mass is 9.98. The third kappa shape index (κ3) is 0.968. The molecule has 2 aliphatic carbocycles. The average molecular weight is 140 g/mol. The Morgan fingerprint density at radius 2 is 2.20 bits per heavy atom. The number of hydrogen-bond acceptors (Lipinski definition) is 1. The molecule has 2 aliphatic rings. The van der Waals surface area contributed by atoms with Crippen molar-refractivity contribution in [1.82, 2.24) is 0 Å². The molecule has 0 heterocycles. The van der Waals surface area contributed by atoms with E-state index in [-0.39, 0.29) is 0 Å². The lowest BCUT2D eigenvalue weighted by Gasteiger charge is -2.20. The highest BCUT2D eigenvalue weighted by molar-refractivity contribution is 4.90. The van der Waals surface area contributed by atoms with Crippen LogP contribution in [0.5, 0.6) is 0 Å². The zero-order valence-corrected chi connectivity index (χ0v) is 6.68. The van der Waals surface area contributed by atoms with Gasteiger partial charge in [0, 0.05) is 6.61 Å². The van der Waals surface area contributed by atoms with E-state index in [4.69, 9.17) is 4.74 Å². The summed E-state index contributed by atoms with van der Waals surface area (Å²) in [5.41, 5.74) is 0. The summed E-state index contributed by atoms with van der Waals surface area (Å²) in [5.74, 6) is 1.96. The van der Waals surface area contributed by atoms with E-state index < -0.39 is 0 Å². The van der Waals surface area contributed by atoms with Crippen molar-refractivity contribution in [2.45, 2.75) is 38.7 Å². The van der Waals surface area contributed by atoms with Gasteiger partial charge in [-0.05, 0) is 44.4 Å². The molecule has 2 rings (SSSR count). The minimum Gasteiger partial charge on any atom is -0.378 e. The van der Waals surface area contributed by atoms with E-state index in [2.05, 4.69) is 6.92 Å². The van der Waals surface area contributed by atoms with Gasteiger partial charge in [-0.1, -0.05) is 0 Å². The molecule has 1 nitrogen and oxygen atoms in total. The van der Waals surface area contributed by atoms with Gasteiger partial charge >= 0.3 is 0 Å².